The van der Waals surface area contributed by atoms with Gasteiger partial charge in [0.25, 0.3) is 0 Å². The number of hydrogen-bond acceptors (Lipinski definition) is 8. The summed E-state index contributed by atoms with van der Waals surface area (Å²) in [4.78, 5) is 20.3. The molecule has 10 heteroatoms. The normalized spacial score (nSPS) is 13.3. The Morgan fingerprint density at radius 3 is 2.61 bits per heavy atom. The zero-order valence-electron chi connectivity index (χ0n) is 13.1. The molecule has 0 saturated carbocycles. The summed E-state index contributed by atoms with van der Waals surface area (Å²) in [6.45, 7) is 3.56. The number of aliphatic hydroxyl groups excluding tert-OH is 1. The molecule has 3 N–H and O–H groups in total. The zero-order valence-corrected chi connectivity index (χ0v) is 14.0. The van der Waals surface area contributed by atoms with Crippen molar-refractivity contribution in [2.24, 2.45) is 5.92 Å². The first-order valence-electron chi connectivity index (χ1n) is 7.11. The van der Waals surface area contributed by atoms with Crippen molar-refractivity contribution in [3.8, 4) is 0 Å². The fourth-order valence-electron chi connectivity index (χ4n) is 1.56. The van der Waals surface area contributed by atoms with Gasteiger partial charge in [0, 0.05) is 17.8 Å². The quantitative estimate of drug-likeness (QED) is 0.591. The smallest absolute Gasteiger partial charge is 0.382 e. The van der Waals surface area contributed by atoms with Crippen LogP contribution in [0.3, 0.4) is 0 Å². The summed E-state index contributed by atoms with van der Waals surface area (Å²) in [6, 6.07) is 1.41. The molecule has 0 amide bonds. The summed E-state index contributed by atoms with van der Waals surface area (Å²) in [6.07, 6.45) is 2.80. The minimum atomic E-state index is -3.34. The number of aromatic nitrogens is 2. The molecule has 0 spiro atoms. The van der Waals surface area contributed by atoms with E-state index in [1.807, 2.05) is 0 Å². The van der Waals surface area contributed by atoms with Crippen LogP contribution in [0.1, 0.15) is 13.8 Å². The Balaban J connectivity index is 2.71. The Morgan fingerprint density at radius 2 is 2.09 bits per heavy atom. The molecule has 1 atom stereocenters. The maximum absolute atomic E-state index is 12.3. The van der Waals surface area contributed by atoms with Crippen molar-refractivity contribution < 1.29 is 23.6 Å². The molecule has 0 aliphatic rings. The second kappa shape index (κ2) is 9.46. The summed E-state index contributed by atoms with van der Waals surface area (Å²) in [5, 5.41) is 9.35. The van der Waals surface area contributed by atoms with Gasteiger partial charge in [-0.2, -0.15) is 4.98 Å². The second-order valence-electron chi connectivity index (χ2n) is 4.42. The van der Waals surface area contributed by atoms with Gasteiger partial charge in [0.05, 0.1) is 26.0 Å². The number of anilines is 1. The van der Waals surface area contributed by atoms with Crippen molar-refractivity contribution in [2.75, 3.05) is 32.2 Å². The van der Waals surface area contributed by atoms with Crippen LogP contribution in [0.25, 0.3) is 0 Å². The molecule has 130 valence electrons. The highest BCUT2D eigenvalue weighted by atomic mass is 31.2. The topological polar surface area (TPSA) is 126 Å². The van der Waals surface area contributed by atoms with Crippen LogP contribution in [0.2, 0.25) is 0 Å². The molecule has 0 aliphatic heterocycles. The van der Waals surface area contributed by atoms with Crippen LogP contribution in [-0.2, 0) is 13.6 Å². The third-order valence-electron chi connectivity index (χ3n) is 2.62. The lowest BCUT2D eigenvalue weighted by Gasteiger charge is -2.15. The number of nitrogens with zero attached hydrogens (tertiary/aromatic N) is 2. The average Bonchev–Trinajstić information content (AvgIpc) is 2.49. The summed E-state index contributed by atoms with van der Waals surface area (Å²) in [5.41, 5.74) is 4.71. The molecule has 1 aromatic rings. The SMILES string of the molecule is CCOP(=O)(/C=C/[C@H](CO)COn1ccc(N)nc1=O)OCC. The average molecular weight is 347 g/mol. The van der Waals surface area contributed by atoms with Gasteiger partial charge in [-0.15, -0.1) is 4.73 Å². The predicted molar refractivity (Wildman–Crippen MR) is 84.9 cm³/mol. The van der Waals surface area contributed by atoms with E-state index < -0.39 is 19.2 Å². The third kappa shape index (κ3) is 6.54. The standard InChI is InChI=1S/C13H22N3O6P/c1-3-21-23(19,22-4-2)8-6-11(9-17)10-20-16-7-5-12(14)15-13(16)18/h5-8,11,17H,3-4,9-10H2,1-2H3,(H2,14,15,18)/b8-6+/t11-/m1/s1. The van der Waals surface area contributed by atoms with Crippen molar-refractivity contribution in [3.05, 3.63) is 34.6 Å². The monoisotopic (exact) mass is 347 g/mol. The van der Waals surface area contributed by atoms with Gasteiger partial charge in [0.1, 0.15) is 12.4 Å². The number of rotatable bonds is 10. The molecule has 1 heterocycles. The molecule has 0 saturated heterocycles. The van der Waals surface area contributed by atoms with E-state index in [4.69, 9.17) is 19.6 Å². The first-order chi connectivity index (χ1) is 10.9. The Labute approximate surface area is 134 Å². The molecule has 0 aliphatic carbocycles. The summed E-state index contributed by atoms with van der Waals surface area (Å²) in [5.74, 6) is 0.866. The van der Waals surface area contributed by atoms with E-state index >= 15 is 0 Å². The maximum Gasteiger partial charge on any atom is 0.382 e. The van der Waals surface area contributed by atoms with Gasteiger partial charge < -0.3 is 24.7 Å². The largest absolute Gasteiger partial charge is 0.409 e. The summed E-state index contributed by atoms with van der Waals surface area (Å²) < 4.78 is 23.4. The minimum Gasteiger partial charge on any atom is -0.409 e. The van der Waals surface area contributed by atoms with Crippen molar-refractivity contribution in [2.45, 2.75) is 13.8 Å². The number of aliphatic hydroxyl groups is 1. The highest BCUT2D eigenvalue weighted by Crippen LogP contribution is 2.49. The van der Waals surface area contributed by atoms with Gasteiger partial charge in [0.2, 0.25) is 0 Å². The van der Waals surface area contributed by atoms with Gasteiger partial charge in [-0.3, -0.25) is 4.57 Å². The van der Waals surface area contributed by atoms with E-state index in [0.717, 1.165) is 4.73 Å². The molecule has 0 fully saturated rings. The molecule has 0 bridgehead atoms. The molecule has 1 aromatic heterocycles. The van der Waals surface area contributed by atoms with E-state index in [-0.39, 0.29) is 32.2 Å². The van der Waals surface area contributed by atoms with E-state index in [2.05, 4.69) is 4.98 Å². The Kier molecular flexibility index (Phi) is 7.97. The first kappa shape index (κ1) is 19.4. The lowest BCUT2D eigenvalue weighted by Crippen LogP contribution is -2.32. The van der Waals surface area contributed by atoms with Crippen LogP contribution in [0.5, 0.6) is 0 Å². The molecule has 23 heavy (non-hydrogen) atoms. The van der Waals surface area contributed by atoms with E-state index in [0.29, 0.717) is 0 Å². The van der Waals surface area contributed by atoms with Crippen LogP contribution in [0.4, 0.5) is 5.82 Å². The molecular weight excluding hydrogens is 325 g/mol. The summed E-state index contributed by atoms with van der Waals surface area (Å²) >= 11 is 0. The Hall–Kier alpha value is -1.67. The van der Waals surface area contributed by atoms with Crippen molar-refractivity contribution in [1.29, 1.82) is 0 Å². The van der Waals surface area contributed by atoms with Crippen LogP contribution in [-0.4, -0.2) is 41.2 Å². The van der Waals surface area contributed by atoms with Crippen LogP contribution in [0, 0.1) is 5.92 Å². The molecule has 1 rings (SSSR count). The van der Waals surface area contributed by atoms with Gasteiger partial charge in [-0.1, -0.05) is 6.08 Å². The van der Waals surface area contributed by atoms with Gasteiger partial charge in [-0.25, -0.2) is 4.79 Å². The predicted octanol–water partition coefficient (Wildman–Crippen LogP) is 0.642. The third-order valence-corrected chi connectivity index (χ3v) is 4.39. The molecule has 9 nitrogen and oxygen atoms in total. The molecule has 0 unspecified atom stereocenters. The van der Waals surface area contributed by atoms with Crippen LogP contribution < -0.4 is 16.3 Å². The lowest BCUT2D eigenvalue weighted by atomic mass is 10.2. The van der Waals surface area contributed by atoms with Gasteiger partial charge >= 0.3 is 13.3 Å². The number of nitrogen functional groups attached to an aromatic ring is 1. The zero-order chi connectivity index (χ0) is 17.3. The number of hydrogen-bond donors (Lipinski definition) is 2. The van der Waals surface area contributed by atoms with E-state index in [9.17, 15) is 14.5 Å². The molecular formula is C13H22N3O6P. The Bertz CT molecular complexity index is 608. The highest BCUT2D eigenvalue weighted by molar-refractivity contribution is 7.57. The van der Waals surface area contributed by atoms with E-state index in [1.54, 1.807) is 13.8 Å². The highest BCUT2D eigenvalue weighted by Gasteiger charge is 2.20. The fourth-order valence-corrected chi connectivity index (χ4v) is 2.98. The molecule has 0 aromatic carbocycles. The Morgan fingerprint density at radius 1 is 1.43 bits per heavy atom. The van der Waals surface area contributed by atoms with Crippen molar-refractivity contribution in [3.63, 3.8) is 0 Å². The van der Waals surface area contributed by atoms with Crippen molar-refractivity contribution >= 4 is 13.4 Å². The van der Waals surface area contributed by atoms with Crippen LogP contribution >= 0.6 is 7.60 Å². The second-order valence-corrected chi connectivity index (χ2v) is 6.31. The van der Waals surface area contributed by atoms with E-state index in [1.165, 1.54) is 24.2 Å². The number of nitrogens with two attached hydrogens (primary N) is 1. The fraction of sp³-hybridized carbons (Fsp3) is 0.538. The van der Waals surface area contributed by atoms with Crippen LogP contribution in [0.15, 0.2) is 29.0 Å². The van der Waals surface area contributed by atoms with Gasteiger partial charge in [0.15, 0.2) is 0 Å². The van der Waals surface area contributed by atoms with Gasteiger partial charge in [-0.05, 0) is 13.8 Å². The maximum atomic E-state index is 12.3. The first-order valence-corrected chi connectivity index (χ1v) is 8.72. The lowest BCUT2D eigenvalue weighted by molar-refractivity contribution is 0.0646. The minimum absolute atomic E-state index is 0.0310. The summed E-state index contributed by atoms with van der Waals surface area (Å²) in [7, 11) is -3.34. The van der Waals surface area contributed by atoms with Crippen molar-refractivity contribution in [1.82, 2.24) is 9.71 Å². The molecule has 0 radical (unpaired) electrons.